The first-order valence-corrected chi connectivity index (χ1v) is 16.0. The Labute approximate surface area is 256 Å². The Balaban J connectivity index is 1.54. The van der Waals surface area contributed by atoms with Crippen molar-refractivity contribution >= 4 is 31.6 Å². The molecule has 0 saturated heterocycles. The molecule has 44 heavy (non-hydrogen) atoms. The van der Waals surface area contributed by atoms with Crippen molar-refractivity contribution in [2.75, 3.05) is 7.11 Å². The molecule has 0 fully saturated rings. The molecular weight excluding hydrogens is 566 g/mol. The van der Waals surface area contributed by atoms with Crippen molar-refractivity contribution in [3.8, 4) is 17.0 Å². The molecule has 1 unspecified atom stereocenters. The van der Waals surface area contributed by atoms with Crippen LogP contribution >= 0.6 is 0 Å². The predicted octanol–water partition coefficient (Wildman–Crippen LogP) is 8.11. The van der Waals surface area contributed by atoms with E-state index in [0.717, 1.165) is 49.9 Å². The highest BCUT2D eigenvalue weighted by Gasteiger charge is 2.38. The van der Waals surface area contributed by atoms with E-state index in [1.54, 1.807) is 19.2 Å². The molecule has 2 heterocycles. The smallest absolute Gasteiger partial charge is 0.191 e. The highest BCUT2D eigenvalue weighted by Crippen LogP contribution is 2.45. The van der Waals surface area contributed by atoms with Gasteiger partial charge < -0.3 is 9.72 Å². The van der Waals surface area contributed by atoms with Crippen molar-refractivity contribution in [2.24, 2.45) is 0 Å². The third-order valence-electron chi connectivity index (χ3n) is 8.16. The van der Waals surface area contributed by atoms with Crippen LogP contribution < -0.4 is 4.74 Å². The molecular formula is C37H31N3O3S. The van der Waals surface area contributed by atoms with Gasteiger partial charge in [-0.3, -0.25) is 4.68 Å². The lowest BCUT2D eigenvalue weighted by molar-refractivity contribution is 0.415. The first-order chi connectivity index (χ1) is 21.4. The minimum atomic E-state index is -4.00. The number of ether oxygens (including phenoxy) is 1. The largest absolute Gasteiger partial charge is 0.497 e. The number of methoxy groups -OCH3 is 1. The van der Waals surface area contributed by atoms with Crippen LogP contribution in [0.3, 0.4) is 0 Å². The van der Waals surface area contributed by atoms with Gasteiger partial charge in [0.05, 0.1) is 35.5 Å². The first-order valence-electron chi connectivity index (χ1n) is 14.5. The third-order valence-corrected chi connectivity index (χ3v) is 10.2. The number of para-hydroxylation sites is 2. The fourth-order valence-electron chi connectivity index (χ4n) is 5.95. The maximum absolute atomic E-state index is 15.0. The van der Waals surface area contributed by atoms with Crippen LogP contribution in [0, 0.1) is 6.92 Å². The fraction of sp³-hybridized carbons (Fsp3) is 0.108. The van der Waals surface area contributed by atoms with Crippen LogP contribution in [-0.2, 0) is 16.4 Å². The van der Waals surface area contributed by atoms with Gasteiger partial charge in [-0.1, -0.05) is 84.4 Å². The molecule has 5 aromatic carbocycles. The number of rotatable bonds is 8. The Bertz CT molecular complexity index is 2200. The lowest BCUT2D eigenvalue weighted by Gasteiger charge is -2.19. The van der Waals surface area contributed by atoms with Crippen LogP contribution in [0.1, 0.15) is 27.6 Å². The van der Waals surface area contributed by atoms with E-state index < -0.39 is 15.1 Å². The zero-order chi connectivity index (χ0) is 30.3. The number of nitrogens with zero attached hydrogens (tertiary/aromatic N) is 2. The van der Waals surface area contributed by atoms with E-state index in [4.69, 9.17) is 9.84 Å². The predicted molar refractivity (Wildman–Crippen MR) is 176 cm³/mol. The maximum atomic E-state index is 15.0. The van der Waals surface area contributed by atoms with E-state index in [0.29, 0.717) is 17.8 Å². The molecule has 0 spiro atoms. The van der Waals surface area contributed by atoms with Gasteiger partial charge in [0, 0.05) is 21.9 Å². The Morgan fingerprint density at radius 1 is 0.773 bits per heavy atom. The molecule has 1 N–H and O–H groups in total. The van der Waals surface area contributed by atoms with Gasteiger partial charge in [-0.15, -0.1) is 0 Å². The lowest BCUT2D eigenvalue weighted by Crippen LogP contribution is -2.17. The number of aromatic nitrogens is 3. The summed E-state index contributed by atoms with van der Waals surface area (Å²) < 4.78 is 37.3. The number of hydrogen-bond acceptors (Lipinski definition) is 4. The average molecular weight is 598 g/mol. The second-order valence-corrected chi connectivity index (χ2v) is 13.0. The van der Waals surface area contributed by atoms with Crippen LogP contribution in [0.2, 0.25) is 0 Å². The van der Waals surface area contributed by atoms with Gasteiger partial charge in [-0.2, -0.15) is 5.10 Å². The zero-order valence-corrected chi connectivity index (χ0v) is 25.3. The van der Waals surface area contributed by atoms with E-state index in [2.05, 4.69) is 17.1 Å². The third kappa shape index (κ3) is 4.85. The minimum absolute atomic E-state index is 0.251. The van der Waals surface area contributed by atoms with Gasteiger partial charge in [-0.05, 0) is 66.6 Å². The SMILES string of the molecule is COc1ccc(-c2[nH]c3ccccc3c2C(c2nn(Cc3ccccc3)c3ccccc23)S(=O)(=O)c2ccc(C)cc2)cc1. The van der Waals surface area contributed by atoms with Crippen LogP contribution in [0.4, 0.5) is 0 Å². The number of aromatic amines is 1. The summed E-state index contributed by atoms with van der Waals surface area (Å²) in [7, 11) is -2.37. The van der Waals surface area contributed by atoms with Gasteiger partial charge >= 0.3 is 0 Å². The monoisotopic (exact) mass is 597 g/mol. The maximum Gasteiger partial charge on any atom is 0.191 e. The number of sulfone groups is 1. The molecule has 7 rings (SSSR count). The second kappa shape index (κ2) is 11.2. The molecule has 0 saturated carbocycles. The minimum Gasteiger partial charge on any atom is -0.497 e. The highest BCUT2D eigenvalue weighted by molar-refractivity contribution is 7.92. The van der Waals surface area contributed by atoms with Crippen LogP contribution in [0.15, 0.2) is 132 Å². The first kappa shape index (κ1) is 27.7. The van der Waals surface area contributed by atoms with Gasteiger partial charge in [-0.25, -0.2) is 8.42 Å². The van der Waals surface area contributed by atoms with Gasteiger partial charge in [0.15, 0.2) is 9.84 Å². The van der Waals surface area contributed by atoms with E-state index in [1.165, 1.54) is 0 Å². The van der Waals surface area contributed by atoms with E-state index in [-0.39, 0.29) is 4.90 Å². The molecule has 0 amide bonds. The number of aryl methyl sites for hydroxylation is 1. The quantitative estimate of drug-likeness (QED) is 0.192. The summed E-state index contributed by atoms with van der Waals surface area (Å²) in [6.45, 7) is 2.46. The molecule has 0 radical (unpaired) electrons. The molecule has 2 aromatic heterocycles. The fourth-order valence-corrected chi connectivity index (χ4v) is 7.76. The number of H-pyrrole nitrogens is 1. The normalized spacial score (nSPS) is 12.5. The summed E-state index contributed by atoms with van der Waals surface area (Å²) in [4.78, 5) is 3.81. The van der Waals surface area contributed by atoms with Gasteiger partial charge in [0.1, 0.15) is 11.0 Å². The number of benzene rings is 5. The van der Waals surface area contributed by atoms with Crippen molar-refractivity contribution in [3.05, 3.63) is 150 Å². The van der Waals surface area contributed by atoms with Crippen LogP contribution in [-0.4, -0.2) is 30.3 Å². The van der Waals surface area contributed by atoms with E-state index in [9.17, 15) is 8.42 Å². The summed E-state index contributed by atoms with van der Waals surface area (Å²) in [6.07, 6.45) is 0. The molecule has 6 nitrogen and oxygen atoms in total. The summed E-state index contributed by atoms with van der Waals surface area (Å²) >= 11 is 0. The molecule has 0 aliphatic rings. The molecule has 7 heteroatoms. The lowest BCUT2D eigenvalue weighted by atomic mass is 9.99. The van der Waals surface area contributed by atoms with Crippen molar-refractivity contribution < 1.29 is 13.2 Å². The number of fused-ring (bicyclic) bond motifs is 2. The van der Waals surface area contributed by atoms with Crippen LogP contribution in [0.25, 0.3) is 33.1 Å². The molecule has 0 aliphatic carbocycles. The Hall–Kier alpha value is -5.14. The summed E-state index contributed by atoms with van der Waals surface area (Å²) in [5, 5.41) is 5.66. The van der Waals surface area contributed by atoms with Gasteiger partial charge in [0.25, 0.3) is 0 Å². The topological polar surface area (TPSA) is 77.0 Å². The second-order valence-electron chi connectivity index (χ2n) is 11.0. The Morgan fingerprint density at radius 2 is 1.43 bits per heavy atom. The molecule has 1 atom stereocenters. The zero-order valence-electron chi connectivity index (χ0n) is 24.4. The summed E-state index contributed by atoms with van der Waals surface area (Å²) in [5.41, 5.74) is 6.55. The highest BCUT2D eigenvalue weighted by atomic mass is 32.2. The molecule has 218 valence electrons. The van der Waals surface area contributed by atoms with Crippen molar-refractivity contribution in [1.82, 2.24) is 14.8 Å². The van der Waals surface area contributed by atoms with Crippen molar-refractivity contribution in [2.45, 2.75) is 23.6 Å². The molecule has 0 bridgehead atoms. The van der Waals surface area contributed by atoms with E-state index >= 15 is 0 Å². The van der Waals surface area contributed by atoms with Crippen LogP contribution in [0.5, 0.6) is 5.75 Å². The Morgan fingerprint density at radius 3 is 2.16 bits per heavy atom. The Kier molecular flexibility index (Phi) is 7.03. The summed E-state index contributed by atoms with van der Waals surface area (Å²) in [5.74, 6) is 0.723. The van der Waals surface area contributed by atoms with Gasteiger partial charge in [0.2, 0.25) is 0 Å². The van der Waals surface area contributed by atoms with E-state index in [1.807, 2.05) is 115 Å². The number of hydrogen-bond donors (Lipinski definition) is 1. The molecule has 7 aromatic rings. The number of nitrogens with one attached hydrogen (secondary N) is 1. The summed E-state index contributed by atoms with van der Waals surface area (Å²) in [6, 6.07) is 40.6. The molecule has 0 aliphatic heterocycles. The average Bonchev–Trinajstić information content (AvgIpc) is 3.61. The standard InChI is InChI=1S/C37H31N3O3S/c1-25-16-22-29(23-17-25)44(41,42)37(36-31-13-7-9-15-33(31)40(39-36)24-26-10-4-3-5-11-26)34-30-12-6-8-14-32(30)38-35(34)27-18-20-28(43-2)21-19-27/h3-23,37-38H,24H2,1-2H3. The van der Waals surface area contributed by atoms with Crippen molar-refractivity contribution in [1.29, 1.82) is 0 Å². The van der Waals surface area contributed by atoms with Crippen molar-refractivity contribution in [3.63, 3.8) is 0 Å².